The van der Waals surface area contributed by atoms with Crippen LogP contribution < -0.4 is 0 Å². The van der Waals surface area contributed by atoms with Crippen LogP contribution in [0.4, 0.5) is 5.69 Å². The van der Waals surface area contributed by atoms with Gasteiger partial charge in [-0.3, -0.25) is 10.1 Å². The molecule has 0 aliphatic rings. The number of halogens is 1. The van der Waals surface area contributed by atoms with Crippen molar-refractivity contribution in [1.82, 2.24) is 10.2 Å². The van der Waals surface area contributed by atoms with Crippen molar-refractivity contribution >= 4 is 40.4 Å². The molecular weight excluding hydrogens is 282 g/mol. The number of nitro groups is 1. The summed E-state index contributed by atoms with van der Waals surface area (Å²) in [4.78, 5) is 10.2. The lowest BCUT2D eigenvalue weighted by atomic mass is 10.2. The van der Waals surface area contributed by atoms with Crippen LogP contribution in [0.15, 0.2) is 28.0 Å². The number of nitro benzene ring substituents is 1. The number of nitrogens with zero attached hydrogens (tertiary/aromatic N) is 3. The minimum Gasteiger partial charge on any atom is -0.258 e. The number of rotatable bonds is 4. The zero-order valence-corrected chi connectivity index (χ0v) is 10.8. The topological polar surface area (TPSA) is 68.9 Å². The van der Waals surface area contributed by atoms with Crippen LogP contribution in [0.3, 0.4) is 0 Å². The largest absolute Gasteiger partial charge is 0.288 e. The molecule has 8 heteroatoms. The molecule has 0 N–H and O–H groups in total. The Hall–Kier alpha value is -1.18. The van der Waals surface area contributed by atoms with Crippen molar-refractivity contribution < 1.29 is 4.92 Å². The summed E-state index contributed by atoms with van der Waals surface area (Å²) >= 11 is 8.64. The predicted octanol–water partition coefficient (Wildman–Crippen LogP) is 3.39. The maximum atomic E-state index is 10.7. The summed E-state index contributed by atoms with van der Waals surface area (Å²) in [5, 5.41) is 18.4. The highest BCUT2D eigenvalue weighted by Crippen LogP contribution is 2.29. The smallest absolute Gasteiger partial charge is 0.258 e. The van der Waals surface area contributed by atoms with Gasteiger partial charge in [0.15, 0.2) is 4.34 Å². The molecule has 1 heterocycles. The minimum atomic E-state index is -0.485. The van der Waals surface area contributed by atoms with E-state index in [-0.39, 0.29) is 10.7 Å². The van der Waals surface area contributed by atoms with E-state index in [1.807, 2.05) is 0 Å². The summed E-state index contributed by atoms with van der Waals surface area (Å²) in [6, 6.07) is 4.79. The van der Waals surface area contributed by atoms with Gasteiger partial charge in [0.05, 0.1) is 4.92 Å². The molecule has 0 aliphatic heterocycles. The number of aromatic nitrogens is 2. The fourth-order valence-corrected chi connectivity index (χ4v) is 2.78. The Kier molecular flexibility index (Phi) is 3.93. The zero-order valence-electron chi connectivity index (χ0n) is 8.37. The molecule has 1 aromatic carbocycles. The van der Waals surface area contributed by atoms with Crippen molar-refractivity contribution in [1.29, 1.82) is 0 Å². The monoisotopic (exact) mass is 287 g/mol. The number of hydrogen-bond acceptors (Lipinski definition) is 6. The van der Waals surface area contributed by atoms with Gasteiger partial charge in [0.1, 0.15) is 10.5 Å². The van der Waals surface area contributed by atoms with Crippen molar-refractivity contribution in [3.8, 4) is 0 Å². The van der Waals surface area contributed by atoms with E-state index < -0.39 is 4.92 Å². The third kappa shape index (κ3) is 3.15. The van der Waals surface area contributed by atoms with Gasteiger partial charge in [-0.1, -0.05) is 40.8 Å². The van der Waals surface area contributed by atoms with Crippen molar-refractivity contribution in [3.63, 3.8) is 0 Å². The first kappa shape index (κ1) is 12.3. The summed E-state index contributed by atoms with van der Waals surface area (Å²) < 4.78 is 0.836. The SMILES string of the molecule is O=[N+]([O-])c1cc(CSc2nncs2)ccc1Cl. The van der Waals surface area contributed by atoms with E-state index in [9.17, 15) is 10.1 Å². The van der Waals surface area contributed by atoms with Crippen molar-refractivity contribution in [2.24, 2.45) is 0 Å². The van der Waals surface area contributed by atoms with Crippen LogP contribution in [0, 0.1) is 10.1 Å². The molecule has 0 saturated heterocycles. The van der Waals surface area contributed by atoms with Crippen molar-refractivity contribution in [2.75, 3.05) is 0 Å². The third-order valence-corrected chi connectivity index (χ3v) is 4.16. The summed E-state index contributed by atoms with van der Waals surface area (Å²) in [6.07, 6.45) is 0. The first-order valence-electron chi connectivity index (χ1n) is 4.48. The van der Waals surface area contributed by atoms with Crippen LogP contribution in [-0.2, 0) is 5.75 Å². The highest BCUT2D eigenvalue weighted by atomic mass is 35.5. The average molecular weight is 288 g/mol. The quantitative estimate of drug-likeness (QED) is 0.490. The molecule has 0 unspecified atom stereocenters. The van der Waals surface area contributed by atoms with Gasteiger partial charge in [0, 0.05) is 11.8 Å². The van der Waals surface area contributed by atoms with E-state index in [2.05, 4.69) is 10.2 Å². The lowest BCUT2D eigenvalue weighted by Gasteiger charge is -2.00. The number of hydrogen-bond donors (Lipinski definition) is 0. The van der Waals surface area contributed by atoms with Crippen molar-refractivity contribution in [2.45, 2.75) is 10.1 Å². The molecule has 2 rings (SSSR count). The Bertz CT molecular complexity index is 533. The lowest BCUT2D eigenvalue weighted by Crippen LogP contribution is -1.91. The van der Waals surface area contributed by atoms with Crippen LogP contribution >= 0.6 is 34.7 Å². The number of thioether (sulfide) groups is 1. The molecule has 1 aromatic heterocycles. The molecule has 0 radical (unpaired) electrons. The van der Waals surface area contributed by atoms with Gasteiger partial charge in [-0.2, -0.15) is 0 Å². The van der Waals surface area contributed by atoms with E-state index in [4.69, 9.17) is 11.6 Å². The van der Waals surface area contributed by atoms with E-state index in [0.717, 1.165) is 9.90 Å². The van der Waals surface area contributed by atoms with Crippen LogP contribution in [0.25, 0.3) is 0 Å². The molecule has 17 heavy (non-hydrogen) atoms. The van der Waals surface area contributed by atoms with E-state index in [0.29, 0.717) is 5.75 Å². The molecule has 0 spiro atoms. The first-order valence-corrected chi connectivity index (χ1v) is 6.73. The normalized spacial score (nSPS) is 10.4. The van der Waals surface area contributed by atoms with E-state index in [1.54, 1.807) is 11.6 Å². The fraction of sp³-hybridized carbons (Fsp3) is 0.111. The lowest BCUT2D eigenvalue weighted by molar-refractivity contribution is -0.384. The Labute approximate surface area is 110 Å². The summed E-state index contributed by atoms with van der Waals surface area (Å²) in [7, 11) is 0. The Morgan fingerprint density at radius 2 is 2.35 bits per heavy atom. The van der Waals surface area contributed by atoms with Crippen LogP contribution in [0.5, 0.6) is 0 Å². The molecule has 88 valence electrons. The zero-order chi connectivity index (χ0) is 12.3. The molecule has 2 aromatic rings. The molecule has 0 saturated carbocycles. The standard InChI is InChI=1S/C9H6ClN3O2S2/c10-7-2-1-6(3-8(7)13(14)15)4-16-9-12-11-5-17-9/h1-3,5H,4H2. The van der Waals surface area contributed by atoms with Crippen molar-refractivity contribution in [3.05, 3.63) is 44.4 Å². The average Bonchev–Trinajstić information content (AvgIpc) is 2.80. The molecule has 0 amide bonds. The molecular formula is C9H6ClN3O2S2. The second-order valence-corrected chi connectivity index (χ2v) is 5.50. The van der Waals surface area contributed by atoms with Gasteiger partial charge >= 0.3 is 0 Å². The molecule has 0 bridgehead atoms. The fourth-order valence-electron chi connectivity index (χ4n) is 1.16. The maximum Gasteiger partial charge on any atom is 0.288 e. The third-order valence-electron chi connectivity index (χ3n) is 1.91. The molecule has 5 nitrogen and oxygen atoms in total. The summed E-state index contributed by atoms with van der Waals surface area (Å²) in [5.41, 5.74) is 2.41. The Balaban J connectivity index is 2.11. The Morgan fingerprint density at radius 3 is 3.00 bits per heavy atom. The predicted molar refractivity (Wildman–Crippen MR) is 67.6 cm³/mol. The second kappa shape index (κ2) is 5.44. The molecule has 0 atom stereocenters. The van der Waals surface area contributed by atoms with Crippen LogP contribution in [0.2, 0.25) is 5.02 Å². The van der Waals surface area contributed by atoms with Gasteiger partial charge in [-0.15, -0.1) is 10.2 Å². The molecule has 0 fully saturated rings. The highest BCUT2D eigenvalue weighted by molar-refractivity contribution is 8.00. The number of benzene rings is 1. The van der Waals surface area contributed by atoms with Crippen LogP contribution in [0.1, 0.15) is 5.56 Å². The van der Waals surface area contributed by atoms with Crippen LogP contribution in [-0.4, -0.2) is 15.1 Å². The van der Waals surface area contributed by atoms with Gasteiger partial charge in [0.25, 0.3) is 5.69 Å². The summed E-state index contributed by atoms with van der Waals surface area (Å²) in [6.45, 7) is 0. The van der Waals surface area contributed by atoms with Gasteiger partial charge in [0.2, 0.25) is 0 Å². The van der Waals surface area contributed by atoms with E-state index >= 15 is 0 Å². The second-order valence-electron chi connectivity index (χ2n) is 3.04. The highest BCUT2D eigenvalue weighted by Gasteiger charge is 2.12. The summed E-state index contributed by atoms with van der Waals surface area (Å²) in [5.74, 6) is 0.604. The minimum absolute atomic E-state index is 0.0676. The van der Waals surface area contributed by atoms with E-state index in [1.165, 1.54) is 35.2 Å². The first-order chi connectivity index (χ1) is 8.16. The molecule has 0 aliphatic carbocycles. The maximum absolute atomic E-state index is 10.7. The van der Waals surface area contributed by atoms with Gasteiger partial charge in [-0.05, 0) is 11.6 Å². The van der Waals surface area contributed by atoms with Gasteiger partial charge in [-0.25, -0.2) is 0 Å². The Morgan fingerprint density at radius 1 is 1.53 bits per heavy atom. The van der Waals surface area contributed by atoms with Gasteiger partial charge < -0.3 is 0 Å².